The van der Waals surface area contributed by atoms with Crippen molar-refractivity contribution < 1.29 is 9.90 Å². The summed E-state index contributed by atoms with van der Waals surface area (Å²) in [4.78, 5) is 13.8. The number of likely N-dealkylation sites (tertiary alicyclic amines) is 1. The fourth-order valence-electron chi connectivity index (χ4n) is 2.15. The summed E-state index contributed by atoms with van der Waals surface area (Å²) >= 11 is 0. The van der Waals surface area contributed by atoms with Gasteiger partial charge in [-0.15, -0.1) is 5.10 Å². The summed E-state index contributed by atoms with van der Waals surface area (Å²) in [6, 6.07) is 10.9. The zero-order valence-corrected chi connectivity index (χ0v) is 11.7. The van der Waals surface area contributed by atoms with Crippen LogP contribution >= 0.6 is 0 Å². The maximum Gasteiger partial charge on any atom is 0.254 e. The van der Waals surface area contributed by atoms with Crippen molar-refractivity contribution in [2.24, 2.45) is 0 Å². The van der Waals surface area contributed by atoms with Crippen molar-refractivity contribution in [1.29, 1.82) is 0 Å². The van der Waals surface area contributed by atoms with Gasteiger partial charge in [0.05, 0.1) is 11.8 Å². The van der Waals surface area contributed by atoms with E-state index in [0.29, 0.717) is 24.5 Å². The summed E-state index contributed by atoms with van der Waals surface area (Å²) in [6.45, 7) is 2.68. The van der Waals surface area contributed by atoms with E-state index in [1.807, 2.05) is 31.2 Å². The maximum absolute atomic E-state index is 12.2. The number of hydrogen-bond donors (Lipinski definition) is 2. The predicted octanol–water partition coefficient (Wildman–Crippen LogP) is 1.35. The van der Waals surface area contributed by atoms with Gasteiger partial charge in [0.25, 0.3) is 5.91 Å². The molecule has 0 saturated carbocycles. The molecule has 1 fully saturated rings. The van der Waals surface area contributed by atoms with Gasteiger partial charge in [0, 0.05) is 24.3 Å². The van der Waals surface area contributed by atoms with Crippen LogP contribution in [-0.2, 0) is 0 Å². The van der Waals surface area contributed by atoms with Crippen LogP contribution in [0.5, 0.6) is 0 Å². The summed E-state index contributed by atoms with van der Waals surface area (Å²) < 4.78 is 0. The number of β-amino-alcohol motifs (C(OH)–C–C–N with tert-alkyl or cyclic N) is 1. The van der Waals surface area contributed by atoms with Gasteiger partial charge >= 0.3 is 0 Å². The SMILES string of the molecule is Cc1ccc(Nc2cccc(C(=O)N3CC(O)C3)c2)nn1. The van der Waals surface area contributed by atoms with Crippen LogP contribution in [0.15, 0.2) is 36.4 Å². The molecule has 1 aliphatic rings. The van der Waals surface area contributed by atoms with Gasteiger partial charge < -0.3 is 15.3 Å². The lowest BCUT2D eigenvalue weighted by Crippen LogP contribution is -2.53. The molecule has 1 saturated heterocycles. The Kier molecular flexibility index (Phi) is 3.53. The number of nitrogens with one attached hydrogen (secondary N) is 1. The molecule has 6 heteroatoms. The Morgan fingerprint density at radius 3 is 2.76 bits per heavy atom. The van der Waals surface area contributed by atoms with E-state index in [-0.39, 0.29) is 5.91 Å². The largest absolute Gasteiger partial charge is 0.389 e. The van der Waals surface area contributed by atoms with Crippen LogP contribution in [0.3, 0.4) is 0 Å². The van der Waals surface area contributed by atoms with E-state index in [4.69, 9.17) is 0 Å². The van der Waals surface area contributed by atoms with E-state index in [1.54, 1.807) is 17.0 Å². The fourth-order valence-corrected chi connectivity index (χ4v) is 2.15. The van der Waals surface area contributed by atoms with E-state index in [9.17, 15) is 9.90 Å². The van der Waals surface area contributed by atoms with Crippen LogP contribution < -0.4 is 5.32 Å². The van der Waals surface area contributed by atoms with Gasteiger partial charge in [0.15, 0.2) is 5.82 Å². The molecule has 1 aromatic heterocycles. The zero-order valence-electron chi connectivity index (χ0n) is 11.7. The maximum atomic E-state index is 12.2. The minimum Gasteiger partial charge on any atom is -0.389 e. The van der Waals surface area contributed by atoms with Crippen LogP contribution in [0.2, 0.25) is 0 Å². The van der Waals surface area contributed by atoms with Crippen molar-refractivity contribution in [2.45, 2.75) is 13.0 Å². The molecule has 0 aliphatic carbocycles. The number of rotatable bonds is 3. The molecular formula is C15H16N4O2. The summed E-state index contributed by atoms with van der Waals surface area (Å²) in [6.07, 6.45) is -0.391. The Morgan fingerprint density at radius 1 is 1.29 bits per heavy atom. The topological polar surface area (TPSA) is 78.4 Å². The summed E-state index contributed by atoms with van der Waals surface area (Å²) in [5.74, 6) is 0.559. The van der Waals surface area contributed by atoms with Crippen molar-refractivity contribution in [1.82, 2.24) is 15.1 Å². The number of aliphatic hydroxyl groups excluding tert-OH is 1. The second-order valence-electron chi connectivity index (χ2n) is 5.13. The Hall–Kier alpha value is -2.47. The number of aryl methyl sites for hydroxylation is 1. The number of carbonyl (C=O) groups excluding carboxylic acids is 1. The minimum absolute atomic E-state index is 0.0704. The Balaban J connectivity index is 1.73. The molecule has 0 bridgehead atoms. The molecule has 0 atom stereocenters. The number of carbonyl (C=O) groups is 1. The molecule has 2 heterocycles. The van der Waals surface area contributed by atoms with Crippen molar-refractivity contribution >= 4 is 17.4 Å². The molecule has 0 unspecified atom stereocenters. The van der Waals surface area contributed by atoms with Gasteiger partial charge in [-0.2, -0.15) is 5.10 Å². The lowest BCUT2D eigenvalue weighted by molar-refractivity contribution is 0.00590. The Bertz CT molecular complexity index is 651. The third-order valence-electron chi connectivity index (χ3n) is 3.33. The first-order valence-electron chi connectivity index (χ1n) is 6.76. The highest BCUT2D eigenvalue weighted by Crippen LogP contribution is 2.19. The van der Waals surface area contributed by atoms with E-state index in [2.05, 4.69) is 15.5 Å². The van der Waals surface area contributed by atoms with Gasteiger partial charge in [-0.3, -0.25) is 4.79 Å². The van der Waals surface area contributed by atoms with E-state index in [1.165, 1.54) is 0 Å². The number of aromatic nitrogens is 2. The summed E-state index contributed by atoms with van der Waals surface area (Å²) in [7, 11) is 0. The van der Waals surface area contributed by atoms with E-state index in [0.717, 1.165) is 11.4 Å². The standard InChI is InChI=1S/C15H16N4O2/c1-10-5-6-14(18-17-10)16-12-4-2-3-11(7-12)15(21)19-8-13(20)9-19/h2-7,13,20H,8-9H2,1H3,(H,16,18). The molecule has 2 aromatic rings. The highest BCUT2D eigenvalue weighted by Gasteiger charge is 2.29. The van der Waals surface area contributed by atoms with Crippen molar-refractivity contribution in [2.75, 3.05) is 18.4 Å². The average molecular weight is 284 g/mol. The zero-order chi connectivity index (χ0) is 14.8. The summed E-state index contributed by atoms with van der Waals surface area (Å²) in [5.41, 5.74) is 2.22. The molecule has 3 rings (SSSR count). The van der Waals surface area contributed by atoms with Crippen molar-refractivity contribution in [3.05, 3.63) is 47.7 Å². The smallest absolute Gasteiger partial charge is 0.254 e. The predicted molar refractivity (Wildman–Crippen MR) is 78.4 cm³/mol. The Labute approximate surface area is 122 Å². The molecule has 1 amide bonds. The van der Waals surface area contributed by atoms with Crippen LogP contribution in [0.4, 0.5) is 11.5 Å². The molecule has 2 N–H and O–H groups in total. The minimum atomic E-state index is -0.391. The molecule has 0 radical (unpaired) electrons. The molecule has 108 valence electrons. The lowest BCUT2D eigenvalue weighted by atomic mass is 10.1. The average Bonchev–Trinajstić information content (AvgIpc) is 2.46. The highest BCUT2D eigenvalue weighted by molar-refractivity contribution is 5.95. The molecule has 1 aliphatic heterocycles. The highest BCUT2D eigenvalue weighted by atomic mass is 16.3. The molecule has 21 heavy (non-hydrogen) atoms. The second-order valence-corrected chi connectivity index (χ2v) is 5.13. The van der Waals surface area contributed by atoms with Gasteiger partial charge in [-0.1, -0.05) is 6.07 Å². The number of aliphatic hydroxyl groups is 1. The number of nitrogens with zero attached hydrogens (tertiary/aromatic N) is 3. The van der Waals surface area contributed by atoms with Gasteiger partial charge in [0.2, 0.25) is 0 Å². The summed E-state index contributed by atoms with van der Waals surface area (Å²) in [5, 5.41) is 20.4. The monoisotopic (exact) mass is 284 g/mol. The third-order valence-corrected chi connectivity index (χ3v) is 3.33. The lowest BCUT2D eigenvalue weighted by Gasteiger charge is -2.35. The number of benzene rings is 1. The fraction of sp³-hybridized carbons (Fsp3) is 0.267. The first-order valence-corrected chi connectivity index (χ1v) is 6.76. The Morgan fingerprint density at radius 2 is 2.10 bits per heavy atom. The third kappa shape index (κ3) is 3.00. The number of anilines is 2. The number of hydrogen-bond acceptors (Lipinski definition) is 5. The van der Waals surface area contributed by atoms with Gasteiger partial charge in [-0.25, -0.2) is 0 Å². The molecule has 6 nitrogen and oxygen atoms in total. The molecule has 1 aromatic carbocycles. The normalized spacial score (nSPS) is 14.7. The van der Waals surface area contributed by atoms with Crippen LogP contribution in [0, 0.1) is 6.92 Å². The molecule has 0 spiro atoms. The van der Waals surface area contributed by atoms with Crippen LogP contribution in [0.25, 0.3) is 0 Å². The van der Waals surface area contributed by atoms with Crippen molar-refractivity contribution in [3.8, 4) is 0 Å². The van der Waals surface area contributed by atoms with Crippen LogP contribution in [0.1, 0.15) is 16.1 Å². The van der Waals surface area contributed by atoms with Crippen LogP contribution in [-0.4, -0.2) is 45.3 Å². The van der Waals surface area contributed by atoms with E-state index >= 15 is 0 Å². The molecular weight excluding hydrogens is 268 g/mol. The number of amides is 1. The second kappa shape index (κ2) is 5.49. The quantitative estimate of drug-likeness (QED) is 0.889. The van der Waals surface area contributed by atoms with Gasteiger partial charge in [0.1, 0.15) is 0 Å². The first kappa shape index (κ1) is 13.5. The van der Waals surface area contributed by atoms with Crippen molar-refractivity contribution in [3.63, 3.8) is 0 Å². The van der Waals surface area contributed by atoms with E-state index < -0.39 is 6.10 Å². The van der Waals surface area contributed by atoms with Gasteiger partial charge in [-0.05, 0) is 37.3 Å². The first-order chi connectivity index (χ1) is 10.1.